The molecule has 110 valence electrons. The first kappa shape index (κ1) is 15.0. The lowest BCUT2D eigenvalue weighted by Gasteiger charge is -2.13. The molecule has 21 heavy (non-hydrogen) atoms. The summed E-state index contributed by atoms with van der Waals surface area (Å²) in [6, 6.07) is 14.6. The third kappa shape index (κ3) is 3.77. The van der Waals surface area contributed by atoms with Gasteiger partial charge in [0.15, 0.2) is 0 Å². The molecule has 0 saturated heterocycles. The van der Waals surface area contributed by atoms with Crippen LogP contribution >= 0.6 is 0 Å². The molecule has 0 bridgehead atoms. The highest BCUT2D eigenvalue weighted by Crippen LogP contribution is 2.26. The van der Waals surface area contributed by atoms with E-state index in [1.807, 2.05) is 37.3 Å². The Morgan fingerprint density at radius 2 is 2.00 bits per heavy atom. The first-order valence-electron chi connectivity index (χ1n) is 6.52. The van der Waals surface area contributed by atoms with Gasteiger partial charge >= 0.3 is 0 Å². The number of nitro groups is 1. The summed E-state index contributed by atoms with van der Waals surface area (Å²) >= 11 is 0. The number of nitrogen functional groups attached to an aromatic ring is 1. The number of hydrogen-bond acceptors (Lipinski definition) is 5. The van der Waals surface area contributed by atoms with Crippen molar-refractivity contribution in [1.29, 1.82) is 0 Å². The maximum absolute atomic E-state index is 11.0. The molecule has 3 N–H and O–H groups in total. The molecule has 0 saturated carbocycles. The van der Waals surface area contributed by atoms with Gasteiger partial charge in [-0.05, 0) is 24.1 Å². The van der Waals surface area contributed by atoms with E-state index in [0.29, 0.717) is 6.61 Å². The van der Waals surface area contributed by atoms with Crippen LogP contribution in [0.3, 0.4) is 0 Å². The van der Waals surface area contributed by atoms with E-state index >= 15 is 0 Å². The molecule has 0 amide bonds. The minimum atomic E-state index is -0.473. The third-order valence-electron chi connectivity index (χ3n) is 3.18. The first-order chi connectivity index (χ1) is 10.1. The van der Waals surface area contributed by atoms with Crippen LogP contribution in [0.5, 0.6) is 0 Å². The van der Waals surface area contributed by atoms with Gasteiger partial charge in [0.05, 0.1) is 17.6 Å². The molecule has 6 nitrogen and oxygen atoms in total. The van der Waals surface area contributed by atoms with Crippen molar-refractivity contribution in [1.82, 2.24) is 0 Å². The number of nitrogens with two attached hydrogens (primary N) is 1. The fourth-order valence-electron chi connectivity index (χ4n) is 1.98. The number of anilines is 1. The molecule has 1 atom stereocenters. The van der Waals surface area contributed by atoms with Crippen molar-refractivity contribution in [2.24, 2.45) is 5.84 Å². The van der Waals surface area contributed by atoms with Gasteiger partial charge in [-0.2, -0.15) is 0 Å². The van der Waals surface area contributed by atoms with E-state index in [2.05, 4.69) is 5.43 Å². The fourth-order valence-corrected chi connectivity index (χ4v) is 1.98. The zero-order valence-electron chi connectivity index (χ0n) is 11.7. The number of hydrogen-bond donors (Lipinski definition) is 2. The number of benzene rings is 2. The lowest BCUT2D eigenvalue weighted by molar-refractivity contribution is -0.384. The van der Waals surface area contributed by atoms with Crippen LogP contribution in [-0.2, 0) is 11.3 Å². The second-order valence-electron chi connectivity index (χ2n) is 4.62. The molecule has 1 unspecified atom stereocenters. The summed E-state index contributed by atoms with van der Waals surface area (Å²) in [4.78, 5) is 10.5. The molecule has 0 aromatic heterocycles. The zero-order valence-corrected chi connectivity index (χ0v) is 11.7. The summed E-state index contributed by atoms with van der Waals surface area (Å²) in [7, 11) is 0. The molecule has 2 aromatic carbocycles. The van der Waals surface area contributed by atoms with E-state index in [4.69, 9.17) is 10.6 Å². The molecule has 0 heterocycles. The normalized spacial score (nSPS) is 11.9. The van der Waals surface area contributed by atoms with Gasteiger partial charge in [0.25, 0.3) is 5.69 Å². The maximum Gasteiger partial charge on any atom is 0.294 e. The smallest absolute Gasteiger partial charge is 0.294 e. The fraction of sp³-hybridized carbons (Fsp3) is 0.200. The van der Waals surface area contributed by atoms with E-state index in [0.717, 1.165) is 11.1 Å². The third-order valence-corrected chi connectivity index (χ3v) is 3.18. The SMILES string of the molecule is CC(OCc1ccc(NN)c([N+](=O)[O-])c1)c1ccccc1. The van der Waals surface area contributed by atoms with Gasteiger partial charge in [-0.1, -0.05) is 36.4 Å². The number of hydrazine groups is 1. The Kier molecular flexibility index (Phi) is 4.86. The molecule has 6 heteroatoms. The van der Waals surface area contributed by atoms with Crippen molar-refractivity contribution in [3.63, 3.8) is 0 Å². The predicted molar refractivity (Wildman–Crippen MR) is 80.6 cm³/mol. The van der Waals surface area contributed by atoms with Gasteiger partial charge in [0, 0.05) is 6.07 Å². The lowest BCUT2D eigenvalue weighted by Crippen LogP contribution is -2.09. The van der Waals surface area contributed by atoms with Crippen molar-refractivity contribution in [3.05, 3.63) is 69.8 Å². The van der Waals surface area contributed by atoms with E-state index in [9.17, 15) is 10.1 Å². The van der Waals surface area contributed by atoms with Gasteiger partial charge in [-0.25, -0.2) is 0 Å². The van der Waals surface area contributed by atoms with Crippen LogP contribution in [0.15, 0.2) is 48.5 Å². The molecule has 2 aromatic rings. The monoisotopic (exact) mass is 287 g/mol. The quantitative estimate of drug-likeness (QED) is 0.484. The Hall–Kier alpha value is -2.44. The highest BCUT2D eigenvalue weighted by Gasteiger charge is 2.14. The predicted octanol–water partition coefficient (Wildman–Crippen LogP) is 3.16. The Morgan fingerprint density at radius 3 is 2.62 bits per heavy atom. The minimum Gasteiger partial charge on any atom is -0.369 e. The van der Waals surface area contributed by atoms with Crippen LogP contribution < -0.4 is 11.3 Å². The molecule has 0 aliphatic rings. The minimum absolute atomic E-state index is 0.0639. The summed E-state index contributed by atoms with van der Waals surface area (Å²) in [5.74, 6) is 5.25. The average Bonchev–Trinajstić information content (AvgIpc) is 2.53. The molecule has 0 spiro atoms. The average molecular weight is 287 g/mol. The molecule has 0 aliphatic heterocycles. The standard InChI is InChI=1S/C15H17N3O3/c1-11(13-5-3-2-4-6-13)21-10-12-7-8-14(17-16)15(9-12)18(19)20/h2-9,11,17H,10,16H2,1H3. The van der Waals surface area contributed by atoms with Crippen LogP contribution in [0.4, 0.5) is 11.4 Å². The topological polar surface area (TPSA) is 90.4 Å². The van der Waals surface area contributed by atoms with Crippen molar-refractivity contribution in [2.45, 2.75) is 19.6 Å². The largest absolute Gasteiger partial charge is 0.369 e. The van der Waals surface area contributed by atoms with Crippen LogP contribution in [0.2, 0.25) is 0 Å². The van der Waals surface area contributed by atoms with Crippen LogP contribution in [0, 0.1) is 10.1 Å². The Labute approximate surface area is 122 Å². The van der Waals surface area contributed by atoms with Gasteiger partial charge in [0.1, 0.15) is 5.69 Å². The van der Waals surface area contributed by atoms with Gasteiger partial charge in [-0.15, -0.1) is 0 Å². The molecule has 0 aliphatic carbocycles. The maximum atomic E-state index is 11.0. The Bertz CT molecular complexity index is 617. The van der Waals surface area contributed by atoms with Gasteiger partial charge in [0.2, 0.25) is 0 Å². The van der Waals surface area contributed by atoms with Crippen molar-refractivity contribution in [2.75, 3.05) is 5.43 Å². The second-order valence-corrected chi connectivity index (χ2v) is 4.62. The summed E-state index contributed by atoms with van der Waals surface area (Å²) in [6.07, 6.45) is -0.0856. The van der Waals surface area contributed by atoms with E-state index in [1.54, 1.807) is 12.1 Å². The Morgan fingerprint density at radius 1 is 1.29 bits per heavy atom. The highest BCUT2D eigenvalue weighted by atomic mass is 16.6. The number of rotatable bonds is 6. The number of nitro benzene ring substituents is 1. The van der Waals surface area contributed by atoms with Crippen LogP contribution in [-0.4, -0.2) is 4.92 Å². The summed E-state index contributed by atoms with van der Waals surface area (Å²) in [5, 5.41) is 11.0. The van der Waals surface area contributed by atoms with E-state index in [1.165, 1.54) is 6.07 Å². The number of ether oxygens (including phenoxy) is 1. The molecular weight excluding hydrogens is 270 g/mol. The molecular formula is C15H17N3O3. The van der Waals surface area contributed by atoms with Crippen molar-refractivity contribution in [3.8, 4) is 0 Å². The second kappa shape index (κ2) is 6.83. The van der Waals surface area contributed by atoms with E-state index < -0.39 is 4.92 Å². The van der Waals surface area contributed by atoms with Gasteiger partial charge < -0.3 is 10.2 Å². The number of nitrogens with one attached hydrogen (secondary N) is 1. The van der Waals surface area contributed by atoms with Crippen molar-refractivity contribution >= 4 is 11.4 Å². The number of nitrogens with zero attached hydrogens (tertiary/aromatic N) is 1. The van der Waals surface area contributed by atoms with Gasteiger partial charge in [-0.3, -0.25) is 16.0 Å². The summed E-state index contributed by atoms with van der Waals surface area (Å²) in [6.45, 7) is 2.24. The molecule has 2 rings (SSSR count). The van der Waals surface area contributed by atoms with Crippen LogP contribution in [0.25, 0.3) is 0 Å². The summed E-state index contributed by atoms with van der Waals surface area (Å²) in [5.41, 5.74) is 4.31. The summed E-state index contributed by atoms with van der Waals surface area (Å²) < 4.78 is 5.75. The molecule has 0 radical (unpaired) electrons. The van der Waals surface area contributed by atoms with Crippen LogP contribution in [0.1, 0.15) is 24.2 Å². The Balaban J connectivity index is 2.07. The molecule has 0 fully saturated rings. The van der Waals surface area contributed by atoms with E-state index in [-0.39, 0.29) is 17.5 Å². The lowest BCUT2D eigenvalue weighted by atomic mass is 10.1. The zero-order chi connectivity index (χ0) is 15.2. The first-order valence-corrected chi connectivity index (χ1v) is 6.52. The van der Waals surface area contributed by atoms with Crippen molar-refractivity contribution < 1.29 is 9.66 Å². The highest BCUT2D eigenvalue weighted by molar-refractivity contribution is 5.61.